The summed E-state index contributed by atoms with van der Waals surface area (Å²) in [6.07, 6.45) is 4.82. The molecule has 18 heavy (non-hydrogen) atoms. The minimum absolute atomic E-state index is 0.0446. The molecule has 0 saturated heterocycles. The highest BCUT2D eigenvalue weighted by atomic mass is 16.5. The number of carbonyl (C=O) groups excluding carboxylic acids is 1. The summed E-state index contributed by atoms with van der Waals surface area (Å²) < 4.78 is 4.59. The number of methoxy groups -OCH3 is 1. The molecule has 0 aliphatic heterocycles. The lowest BCUT2D eigenvalue weighted by Crippen LogP contribution is -2.07. The second-order valence-electron chi connectivity index (χ2n) is 4.02. The van der Waals surface area contributed by atoms with Crippen molar-refractivity contribution in [3.63, 3.8) is 0 Å². The molecule has 5 nitrogen and oxygen atoms in total. The predicted octanol–water partition coefficient (Wildman–Crippen LogP) is 1.98. The normalized spacial score (nSPS) is 11.8. The third-order valence-electron chi connectivity index (χ3n) is 2.81. The first-order chi connectivity index (χ1) is 8.63. The summed E-state index contributed by atoms with van der Waals surface area (Å²) in [6, 6.07) is 3.70. The van der Waals surface area contributed by atoms with E-state index in [2.05, 4.69) is 9.72 Å². The molecule has 1 aromatic rings. The molecule has 1 rings (SSSR count). The lowest BCUT2D eigenvalue weighted by atomic mass is 9.90. The molecular weight excluding hydrogens is 234 g/mol. The van der Waals surface area contributed by atoms with Crippen LogP contribution in [0.15, 0.2) is 24.5 Å². The van der Waals surface area contributed by atoms with E-state index in [1.54, 1.807) is 12.4 Å². The zero-order valence-corrected chi connectivity index (χ0v) is 10.3. The molecule has 1 N–H and O–H groups in total. The van der Waals surface area contributed by atoms with Gasteiger partial charge in [-0.25, -0.2) is 0 Å². The first-order valence-electron chi connectivity index (χ1n) is 5.82. The Labute approximate surface area is 106 Å². The highest BCUT2D eigenvalue weighted by molar-refractivity contribution is 5.69. The molecule has 0 amide bonds. The zero-order valence-electron chi connectivity index (χ0n) is 10.3. The van der Waals surface area contributed by atoms with Crippen LogP contribution in [0.4, 0.5) is 0 Å². The number of rotatable bonds is 7. The average molecular weight is 251 g/mol. The van der Waals surface area contributed by atoms with Gasteiger partial charge in [-0.1, -0.05) is 0 Å². The Kier molecular flexibility index (Phi) is 5.84. The van der Waals surface area contributed by atoms with Gasteiger partial charge in [0.25, 0.3) is 0 Å². The van der Waals surface area contributed by atoms with Crippen LogP contribution in [0.25, 0.3) is 0 Å². The first-order valence-corrected chi connectivity index (χ1v) is 5.82. The Bertz CT molecular complexity index is 391. The van der Waals surface area contributed by atoms with E-state index in [0.717, 1.165) is 5.56 Å². The van der Waals surface area contributed by atoms with Crippen molar-refractivity contribution in [2.45, 2.75) is 31.6 Å². The minimum Gasteiger partial charge on any atom is -0.481 e. The van der Waals surface area contributed by atoms with Gasteiger partial charge < -0.3 is 9.84 Å². The molecular formula is C13H17NO4. The van der Waals surface area contributed by atoms with Crippen molar-refractivity contribution >= 4 is 11.9 Å². The quantitative estimate of drug-likeness (QED) is 0.750. The van der Waals surface area contributed by atoms with Crippen molar-refractivity contribution in [1.29, 1.82) is 0 Å². The van der Waals surface area contributed by atoms with Crippen LogP contribution in [-0.4, -0.2) is 29.1 Å². The Morgan fingerprint density at radius 2 is 1.89 bits per heavy atom. The van der Waals surface area contributed by atoms with E-state index in [0.29, 0.717) is 19.3 Å². The van der Waals surface area contributed by atoms with Crippen LogP contribution in [0.1, 0.15) is 37.2 Å². The van der Waals surface area contributed by atoms with Crippen LogP contribution in [0.3, 0.4) is 0 Å². The number of carbonyl (C=O) groups is 2. The molecule has 0 fully saturated rings. The van der Waals surface area contributed by atoms with E-state index in [1.165, 1.54) is 7.11 Å². The van der Waals surface area contributed by atoms with Crippen molar-refractivity contribution in [2.75, 3.05) is 7.11 Å². The topological polar surface area (TPSA) is 76.5 Å². The molecule has 0 bridgehead atoms. The maximum atomic E-state index is 11.1. The molecule has 0 saturated carbocycles. The van der Waals surface area contributed by atoms with Gasteiger partial charge in [-0.2, -0.15) is 0 Å². The van der Waals surface area contributed by atoms with Crippen LogP contribution >= 0.6 is 0 Å². The lowest BCUT2D eigenvalue weighted by molar-refractivity contribution is -0.140. The van der Waals surface area contributed by atoms with Gasteiger partial charge in [0.05, 0.1) is 7.11 Å². The highest BCUT2D eigenvalue weighted by Gasteiger charge is 2.15. The fraction of sp³-hybridized carbons (Fsp3) is 0.462. The van der Waals surface area contributed by atoms with Gasteiger partial charge in [0.2, 0.25) is 0 Å². The summed E-state index contributed by atoms with van der Waals surface area (Å²) in [5.74, 6) is -1.06. The molecule has 5 heteroatoms. The number of esters is 1. The Morgan fingerprint density at radius 1 is 1.28 bits per heavy atom. The number of nitrogens with zero attached hydrogens (tertiary/aromatic N) is 1. The van der Waals surface area contributed by atoms with Gasteiger partial charge in [0, 0.05) is 25.2 Å². The molecule has 1 unspecified atom stereocenters. The molecule has 1 heterocycles. The molecule has 0 aliphatic rings. The fourth-order valence-electron chi connectivity index (χ4n) is 1.81. The molecule has 0 aromatic carbocycles. The van der Waals surface area contributed by atoms with Crippen LogP contribution in [-0.2, 0) is 14.3 Å². The number of hydrogen-bond acceptors (Lipinski definition) is 4. The molecule has 98 valence electrons. The second kappa shape index (κ2) is 7.42. The maximum Gasteiger partial charge on any atom is 0.305 e. The summed E-state index contributed by atoms with van der Waals surface area (Å²) in [6.45, 7) is 0. The van der Waals surface area contributed by atoms with E-state index >= 15 is 0 Å². The Balaban J connectivity index is 2.63. The van der Waals surface area contributed by atoms with Crippen LogP contribution in [0.2, 0.25) is 0 Å². The smallest absolute Gasteiger partial charge is 0.305 e. The van der Waals surface area contributed by atoms with Crippen molar-refractivity contribution in [2.24, 2.45) is 0 Å². The van der Waals surface area contributed by atoms with E-state index < -0.39 is 5.97 Å². The van der Waals surface area contributed by atoms with E-state index in [-0.39, 0.29) is 18.3 Å². The van der Waals surface area contributed by atoms with Crippen molar-refractivity contribution in [3.05, 3.63) is 30.1 Å². The van der Waals surface area contributed by atoms with Gasteiger partial charge in [-0.15, -0.1) is 0 Å². The third-order valence-corrected chi connectivity index (χ3v) is 2.81. The molecule has 1 aromatic heterocycles. The number of carboxylic acid groups (broad SMARTS) is 1. The van der Waals surface area contributed by atoms with Gasteiger partial charge in [0.15, 0.2) is 0 Å². The monoisotopic (exact) mass is 251 g/mol. The van der Waals surface area contributed by atoms with Crippen molar-refractivity contribution < 1.29 is 19.4 Å². The summed E-state index contributed by atoms with van der Waals surface area (Å²) in [4.78, 5) is 25.7. The Hall–Kier alpha value is -1.91. The first kappa shape index (κ1) is 14.2. The fourth-order valence-corrected chi connectivity index (χ4v) is 1.81. The van der Waals surface area contributed by atoms with Crippen LogP contribution in [0, 0.1) is 0 Å². The number of aliphatic carboxylic acids is 1. The molecule has 1 atom stereocenters. The average Bonchev–Trinajstić information content (AvgIpc) is 2.39. The summed E-state index contributed by atoms with van der Waals surface area (Å²) in [7, 11) is 1.35. The van der Waals surface area contributed by atoms with Crippen molar-refractivity contribution in [3.8, 4) is 0 Å². The largest absolute Gasteiger partial charge is 0.481 e. The second-order valence-corrected chi connectivity index (χ2v) is 4.02. The lowest BCUT2D eigenvalue weighted by Gasteiger charge is -2.15. The SMILES string of the molecule is COC(=O)CCC(CCC(=O)O)c1ccncc1. The summed E-state index contributed by atoms with van der Waals surface area (Å²) >= 11 is 0. The highest BCUT2D eigenvalue weighted by Crippen LogP contribution is 2.26. The minimum atomic E-state index is -0.827. The van der Waals surface area contributed by atoms with Gasteiger partial charge in [-0.05, 0) is 36.5 Å². The molecule has 0 spiro atoms. The summed E-state index contributed by atoms with van der Waals surface area (Å²) in [5.41, 5.74) is 1.01. The standard InChI is InChI=1S/C13H17NO4/c1-18-13(17)5-3-10(2-4-12(15)16)11-6-8-14-9-7-11/h6-10H,2-5H2,1H3,(H,15,16). The van der Waals surface area contributed by atoms with Crippen LogP contribution < -0.4 is 0 Å². The van der Waals surface area contributed by atoms with E-state index in [9.17, 15) is 9.59 Å². The van der Waals surface area contributed by atoms with E-state index in [4.69, 9.17) is 5.11 Å². The molecule has 0 radical (unpaired) electrons. The van der Waals surface area contributed by atoms with Crippen molar-refractivity contribution in [1.82, 2.24) is 4.98 Å². The van der Waals surface area contributed by atoms with E-state index in [1.807, 2.05) is 12.1 Å². The number of ether oxygens (including phenoxy) is 1. The van der Waals surface area contributed by atoms with Gasteiger partial charge in [-0.3, -0.25) is 14.6 Å². The number of aromatic nitrogens is 1. The number of hydrogen-bond donors (Lipinski definition) is 1. The number of carboxylic acids is 1. The van der Waals surface area contributed by atoms with Crippen LogP contribution in [0.5, 0.6) is 0 Å². The molecule has 0 aliphatic carbocycles. The van der Waals surface area contributed by atoms with Gasteiger partial charge in [0.1, 0.15) is 0 Å². The predicted molar refractivity (Wildman–Crippen MR) is 65.1 cm³/mol. The number of pyridine rings is 1. The zero-order chi connectivity index (χ0) is 13.4. The van der Waals surface area contributed by atoms with Gasteiger partial charge >= 0.3 is 11.9 Å². The Morgan fingerprint density at radius 3 is 2.44 bits per heavy atom. The third kappa shape index (κ3) is 4.95. The summed E-state index contributed by atoms with van der Waals surface area (Å²) in [5, 5.41) is 8.73. The maximum absolute atomic E-state index is 11.1.